The van der Waals surface area contributed by atoms with Crippen LogP contribution in [0.25, 0.3) is 0 Å². The highest BCUT2D eigenvalue weighted by Gasteiger charge is 2.43. The van der Waals surface area contributed by atoms with Crippen molar-refractivity contribution < 1.29 is 52.3 Å². The monoisotopic (exact) mass is 902 g/mol. The van der Waals surface area contributed by atoms with E-state index in [1.165, 1.54) is 14.2 Å². The molecule has 2 aliphatic rings. The zero-order chi connectivity index (χ0) is 46.6. The molecule has 19 heteroatoms. The first kappa shape index (κ1) is 48.8. The van der Waals surface area contributed by atoms with Gasteiger partial charge in [-0.2, -0.15) is 0 Å². The van der Waals surface area contributed by atoms with E-state index in [9.17, 15) is 19.2 Å². The van der Waals surface area contributed by atoms with Crippen LogP contribution in [0.5, 0.6) is 0 Å². The fourth-order valence-corrected chi connectivity index (χ4v) is 9.17. The molecule has 0 N–H and O–H groups in total. The summed E-state index contributed by atoms with van der Waals surface area (Å²) in [7, 11) is 2.68. The van der Waals surface area contributed by atoms with Gasteiger partial charge in [-0.05, 0) is 49.2 Å². The van der Waals surface area contributed by atoms with Crippen LogP contribution in [0.3, 0.4) is 0 Å². The molecule has 0 fully saturated rings. The third-order valence-electron chi connectivity index (χ3n) is 12.1. The Bertz CT molecular complexity index is 2090. The van der Waals surface area contributed by atoms with E-state index in [1.54, 1.807) is 59.6 Å². The SMILES string of the molecule is CC[C@H]1[C@@H](C)[C@H](n2cc(COCCOCCOCCOCCOCc3cn(C4c5cc(C(=O)OC)ccc5N(C(C)=O)[C@@H](CC)[C@H]4C)nn3)nn2)c2cc(C(=O)OC)ccc2N1C(C)=O. The maximum atomic E-state index is 12.8. The molecule has 2 amide bonds. The number of benzene rings is 2. The second-order valence-corrected chi connectivity index (χ2v) is 16.2. The predicted octanol–water partition coefficient (Wildman–Crippen LogP) is 4.97. The average Bonchev–Trinajstić information content (AvgIpc) is 3.98. The van der Waals surface area contributed by atoms with Crippen molar-refractivity contribution in [1.29, 1.82) is 0 Å². The lowest BCUT2D eigenvalue weighted by Crippen LogP contribution is -2.49. The quantitative estimate of drug-likeness (QED) is 0.0756. The molecule has 6 atom stereocenters. The zero-order valence-corrected chi connectivity index (χ0v) is 38.6. The number of rotatable bonds is 22. The first-order valence-electron chi connectivity index (χ1n) is 22.2. The maximum absolute atomic E-state index is 12.8. The zero-order valence-electron chi connectivity index (χ0n) is 38.6. The third kappa shape index (κ3) is 11.3. The summed E-state index contributed by atoms with van der Waals surface area (Å²) < 4.78 is 42.1. The van der Waals surface area contributed by atoms with Gasteiger partial charge in [-0.1, -0.05) is 38.1 Å². The van der Waals surface area contributed by atoms with Gasteiger partial charge in [-0.15, -0.1) is 10.2 Å². The van der Waals surface area contributed by atoms with Crippen LogP contribution >= 0.6 is 0 Å². The minimum atomic E-state index is -0.453. The van der Waals surface area contributed by atoms with Crippen LogP contribution in [0, 0.1) is 11.8 Å². The second kappa shape index (κ2) is 23.0. The van der Waals surface area contributed by atoms with Crippen molar-refractivity contribution in [3.8, 4) is 0 Å². The number of carbonyl (C=O) groups excluding carboxylic acids is 4. The highest BCUT2D eigenvalue weighted by molar-refractivity contribution is 5.97. The number of methoxy groups -OCH3 is 2. The second-order valence-electron chi connectivity index (χ2n) is 16.2. The number of nitrogens with zero attached hydrogens (tertiary/aromatic N) is 8. The normalized spacial score (nSPS) is 20.3. The molecule has 0 spiro atoms. The van der Waals surface area contributed by atoms with Gasteiger partial charge in [-0.3, -0.25) is 9.59 Å². The molecule has 0 saturated heterocycles. The molecule has 1 unspecified atom stereocenters. The molecular weight excluding hydrogens is 841 g/mol. The molecule has 0 bridgehead atoms. The molecule has 65 heavy (non-hydrogen) atoms. The first-order valence-corrected chi connectivity index (χ1v) is 22.2. The third-order valence-corrected chi connectivity index (χ3v) is 12.1. The lowest BCUT2D eigenvalue weighted by molar-refractivity contribution is -0.118. The van der Waals surface area contributed by atoms with Crippen LogP contribution in [0.4, 0.5) is 11.4 Å². The minimum absolute atomic E-state index is 0.0230. The Labute approximate surface area is 379 Å². The number of carbonyl (C=O) groups is 4. The molecule has 4 heterocycles. The summed E-state index contributed by atoms with van der Waals surface area (Å²) in [5, 5.41) is 17.6. The van der Waals surface area contributed by atoms with Gasteiger partial charge in [0.1, 0.15) is 11.4 Å². The summed E-state index contributed by atoms with van der Waals surface area (Å²) in [5.41, 5.74) is 5.19. The van der Waals surface area contributed by atoms with Gasteiger partial charge in [0, 0.05) is 60.3 Å². The van der Waals surface area contributed by atoms with Gasteiger partial charge in [0.15, 0.2) is 0 Å². The molecule has 2 aromatic carbocycles. The number of esters is 2. The molecule has 2 aliphatic heterocycles. The molecule has 0 radical (unpaired) electrons. The number of amides is 2. The van der Waals surface area contributed by atoms with E-state index >= 15 is 0 Å². The number of aromatic nitrogens is 6. The fourth-order valence-electron chi connectivity index (χ4n) is 9.17. The summed E-state index contributed by atoms with van der Waals surface area (Å²) in [6.07, 6.45) is 5.18. The Hall–Kier alpha value is -5.60. The molecular formula is C46H62N8O11. The van der Waals surface area contributed by atoms with Crippen molar-refractivity contribution in [3.05, 3.63) is 82.4 Å². The van der Waals surface area contributed by atoms with Gasteiger partial charge in [0.05, 0.1) is 116 Å². The summed E-state index contributed by atoms with van der Waals surface area (Å²) in [4.78, 5) is 54.0. The lowest BCUT2D eigenvalue weighted by Gasteiger charge is -2.44. The highest BCUT2D eigenvalue weighted by Crippen LogP contribution is 2.45. The van der Waals surface area contributed by atoms with Gasteiger partial charge in [0.25, 0.3) is 0 Å². The Balaban J connectivity index is 0.857. The summed E-state index contributed by atoms with van der Waals surface area (Å²) in [6, 6.07) is 9.87. The minimum Gasteiger partial charge on any atom is -0.465 e. The Kier molecular flexibility index (Phi) is 17.3. The number of hydrogen-bond donors (Lipinski definition) is 0. The number of hydrogen-bond acceptors (Lipinski definition) is 15. The number of fused-ring (bicyclic) bond motifs is 2. The van der Waals surface area contributed by atoms with Crippen LogP contribution in [-0.2, 0) is 56.0 Å². The van der Waals surface area contributed by atoms with E-state index in [0.29, 0.717) is 75.4 Å². The van der Waals surface area contributed by atoms with Gasteiger partial charge in [-0.25, -0.2) is 19.0 Å². The topological polar surface area (TPSA) is 201 Å². The smallest absolute Gasteiger partial charge is 0.337 e. The highest BCUT2D eigenvalue weighted by atomic mass is 16.6. The van der Waals surface area contributed by atoms with Crippen molar-refractivity contribution in [2.24, 2.45) is 11.8 Å². The van der Waals surface area contributed by atoms with Crippen LogP contribution in [0.15, 0.2) is 48.8 Å². The van der Waals surface area contributed by atoms with Crippen LogP contribution < -0.4 is 9.80 Å². The summed E-state index contributed by atoms with van der Waals surface area (Å²) in [5.74, 6) is -1.08. The summed E-state index contributed by atoms with van der Waals surface area (Å²) in [6.45, 7) is 15.0. The van der Waals surface area contributed by atoms with E-state index in [1.807, 2.05) is 22.2 Å². The van der Waals surface area contributed by atoms with E-state index < -0.39 is 11.9 Å². The fraction of sp³-hybridized carbons (Fsp3) is 0.565. The largest absolute Gasteiger partial charge is 0.465 e. The molecule has 2 aromatic heterocycles. The Morgan fingerprint density at radius 1 is 0.554 bits per heavy atom. The maximum Gasteiger partial charge on any atom is 0.337 e. The van der Waals surface area contributed by atoms with E-state index in [2.05, 4.69) is 48.3 Å². The van der Waals surface area contributed by atoms with Crippen molar-refractivity contribution in [1.82, 2.24) is 30.0 Å². The Morgan fingerprint density at radius 2 is 0.908 bits per heavy atom. The molecule has 4 aromatic rings. The predicted molar refractivity (Wildman–Crippen MR) is 236 cm³/mol. The van der Waals surface area contributed by atoms with Crippen LogP contribution in [0.1, 0.15) is 110 Å². The van der Waals surface area contributed by atoms with Crippen molar-refractivity contribution in [2.75, 3.05) is 76.9 Å². The number of ether oxygens (including phenoxy) is 7. The van der Waals surface area contributed by atoms with Crippen LogP contribution in [-0.4, -0.2) is 133 Å². The van der Waals surface area contributed by atoms with Crippen molar-refractivity contribution >= 4 is 35.1 Å². The van der Waals surface area contributed by atoms with Gasteiger partial charge in [0.2, 0.25) is 11.8 Å². The lowest BCUT2D eigenvalue weighted by atomic mass is 9.80. The number of anilines is 2. The first-order chi connectivity index (χ1) is 31.4. The molecule has 0 saturated carbocycles. The summed E-state index contributed by atoms with van der Waals surface area (Å²) >= 11 is 0. The molecule has 19 nitrogen and oxygen atoms in total. The Morgan fingerprint density at radius 3 is 1.23 bits per heavy atom. The van der Waals surface area contributed by atoms with E-state index in [-0.39, 0.29) is 61.0 Å². The van der Waals surface area contributed by atoms with Crippen molar-refractivity contribution in [2.45, 2.75) is 91.8 Å². The molecule has 6 rings (SSSR count). The molecule has 352 valence electrons. The van der Waals surface area contributed by atoms with E-state index in [0.717, 1.165) is 35.3 Å². The van der Waals surface area contributed by atoms with Gasteiger partial charge >= 0.3 is 11.9 Å². The molecule has 0 aliphatic carbocycles. The van der Waals surface area contributed by atoms with Crippen molar-refractivity contribution in [3.63, 3.8) is 0 Å². The van der Waals surface area contributed by atoms with Crippen LogP contribution in [0.2, 0.25) is 0 Å². The average molecular weight is 903 g/mol. The van der Waals surface area contributed by atoms with Gasteiger partial charge < -0.3 is 43.0 Å². The van der Waals surface area contributed by atoms with E-state index in [4.69, 9.17) is 33.2 Å². The standard InChI is InChI=1S/C46H62N8O11/c1-9-39-29(3)43(37-23-33(45(57)59-7)11-13-41(37)53(39)31(5)55)51-25-35(47-49-51)27-64-21-19-62-17-15-61-16-18-63-20-22-65-28-36-26-52(50-48-36)44-30(4)40(10-2)54(32(6)56)42-14-12-34(24-38(42)44)46(58)60-8/h11-14,23-26,29-30,39-40,43-44H,9-10,15-22,27-28H2,1-8H3/t29-,30-,39+,40+,43+,44?/m1/s1.